The molecule has 0 heterocycles. The van der Waals surface area contributed by atoms with Gasteiger partial charge in [0.15, 0.2) is 0 Å². The third kappa shape index (κ3) is 16.2. The second-order valence-corrected chi connectivity index (χ2v) is 1.00. The molecule has 1 radical (unpaired) electrons. The Balaban J connectivity index is -0.0000000167. The molecule has 10 heavy (non-hydrogen) atoms. The molecule has 0 nitrogen and oxygen atoms in total. The minimum atomic E-state index is 0. The maximum absolute atomic E-state index is 2.99. The second-order valence-electron chi connectivity index (χ2n) is 1.00. The van der Waals surface area contributed by atoms with Crippen molar-refractivity contribution in [2.24, 2.45) is 0 Å². The van der Waals surface area contributed by atoms with Gasteiger partial charge in [-0.2, -0.15) is 6.08 Å². The van der Waals surface area contributed by atoms with E-state index in [4.69, 9.17) is 0 Å². The Bertz CT molecular complexity index is 71.7. The van der Waals surface area contributed by atoms with Crippen LogP contribution in [0.2, 0.25) is 0 Å². The molecule has 0 aliphatic heterocycles. The van der Waals surface area contributed by atoms with Crippen molar-refractivity contribution in [1.82, 2.24) is 0 Å². The Morgan fingerprint density at radius 2 is 1.50 bits per heavy atom. The van der Waals surface area contributed by atoms with Gasteiger partial charge >= 0.3 is 0 Å². The van der Waals surface area contributed by atoms with Gasteiger partial charge < -0.3 is 0 Å². The molecule has 0 N–H and O–H groups in total. The molecule has 1 aliphatic carbocycles. The molecule has 0 aromatic heterocycles. The molecule has 1 rings (SSSR count). The van der Waals surface area contributed by atoms with Crippen LogP contribution in [0.5, 0.6) is 0 Å². The van der Waals surface area contributed by atoms with Gasteiger partial charge in [-0.25, -0.2) is 12.2 Å². The van der Waals surface area contributed by atoms with E-state index in [1.807, 2.05) is 12.2 Å². The monoisotopic (exact) mass is 390 g/mol. The molecule has 63 valence electrons. The van der Waals surface area contributed by atoms with Crippen molar-refractivity contribution in [3.63, 3.8) is 0 Å². The van der Waals surface area contributed by atoms with Crippen LogP contribution in [0, 0.1) is 6.08 Å². The Labute approximate surface area is 102 Å². The molecule has 5 heteroatoms. The summed E-state index contributed by atoms with van der Waals surface area (Å²) >= 11 is 0. The SMILES string of the molecule is Cl.Cl.Cl.Cl.[C-]1=CC=CC1.[Ta]. The van der Waals surface area contributed by atoms with Gasteiger partial charge in [-0.05, 0) is 0 Å². The average Bonchev–Trinajstić information content (AvgIpc) is 1.76. The van der Waals surface area contributed by atoms with E-state index in [-0.39, 0.29) is 72.0 Å². The fourth-order valence-corrected chi connectivity index (χ4v) is 0.340. The van der Waals surface area contributed by atoms with Crippen LogP contribution in [-0.2, 0) is 22.4 Å². The van der Waals surface area contributed by atoms with Gasteiger partial charge in [-0.3, -0.25) is 6.08 Å². The minimum Gasteiger partial charge on any atom is -0.273 e. The van der Waals surface area contributed by atoms with Gasteiger partial charge in [0, 0.05) is 22.4 Å². The summed E-state index contributed by atoms with van der Waals surface area (Å²) in [4.78, 5) is 0. The Kier molecular flexibility index (Phi) is 67.6. The second kappa shape index (κ2) is 22.4. The fourth-order valence-electron chi connectivity index (χ4n) is 0.340. The van der Waals surface area contributed by atoms with Gasteiger partial charge in [0.2, 0.25) is 0 Å². The van der Waals surface area contributed by atoms with Crippen LogP contribution in [-0.4, -0.2) is 0 Å². The topological polar surface area (TPSA) is 0 Å². The minimum absolute atomic E-state index is 0. The van der Waals surface area contributed by atoms with Crippen LogP contribution in [0.4, 0.5) is 0 Å². The summed E-state index contributed by atoms with van der Waals surface area (Å²) in [5, 5.41) is 0. The first-order valence-corrected chi connectivity index (χ1v) is 1.72. The van der Waals surface area contributed by atoms with Crippen molar-refractivity contribution in [3.8, 4) is 0 Å². The largest absolute Gasteiger partial charge is 0.273 e. The van der Waals surface area contributed by atoms with Gasteiger partial charge in [0.25, 0.3) is 0 Å². The van der Waals surface area contributed by atoms with Gasteiger partial charge in [0.1, 0.15) is 0 Å². The zero-order valence-electron chi connectivity index (χ0n) is 5.02. The molecule has 0 aromatic carbocycles. The third-order valence-corrected chi connectivity index (χ3v) is 0.586. The van der Waals surface area contributed by atoms with Crippen molar-refractivity contribution >= 4 is 49.6 Å². The number of hydrogen-bond acceptors (Lipinski definition) is 0. The zero-order chi connectivity index (χ0) is 3.54. The first-order chi connectivity index (χ1) is 2.50. The molecule has 1 aliphatic rings. The summed E-state index contributed by atoms with van der Waals surface area (Å²) in [5.74, 6) is 0. The number of rotatable bonds is 0. The average molecular weight is 392 g/mol. The molecule has 0 saturated carbocycles. The van der Waals surface area contributed by atoms with Gasteiger partial charge in [-0.15, -0.1) is 56.0 Å². The fraction of sp³-hybridized carbons (Fsp3) is 0.200. The molecule has 0 unspecified atom stereocenters. The molecule has 0 aromatic rings. The van der Waals surface area contributed by atoms with Crippen molar-refractivity contribution in [2.45, 2.75) is 6.42 Å². The number of allylic oxidation sites excluding steroid dienone is 4. The predicted octanol–water partition coefficient (Wildman–Crippen LogP) is 2.99. The molecule has 0 spiro atoms. The van der Waals surface area contributed by atoms with Crippen molar-refractivity contribution < 1.29 is 22.4 Å². The molecule has 0 atom stereocenters. The van der Waals surface area contributed by atoms with E-state index in [0.717, 1.165) is 6.42 Å². The molecule has 0 saturated heterocycles. The van der Waals surface area contributed by atoms with E-state index >= 15 is 0 Å². The normalized spacial score (nSPS) is 8.80. The standard InChI is InChI=1S/C5H5.4ClH.Ta/c1-2-4-5-3-1;;;;;/h1-3H,4H2;4*1H;/q-1;;;;;. The van der Waals surface area contributed by atoms with Gasteiger partial charge in [-0.1, -0.05) is 0 Å². The Morgan fingerprint density at radius 3 is 1.60 bits per heavy atom. The van der Waals surface area contributed by atoms with Gasteiger partial charge in [0.05, 0.1) is 0 Å². The van der Waals surface area contributed by atoms with Crippen molar-refractivity contribution in [3.05, 3.63) is 24.3 Å². The van der Waals surface area contributed by atoms with E-state index in [1.165, 1.54) is 0 Å². The maximum Gasteiger partial charge on any atom is 0 e. The zero-order valence-corrected chi connectivity index (χ0v) is 11.5. The smallest absolute Gasteiger partial charge is 0 e. The van der Waals surface area contributed by atoms with Crippen LogP contribution in [0.15, 0.2) is 18.2 Å². The van der Waals surface area contributed by atoms with Crippen LogP contribution in [0.1, 0.15) is 6.42 Å². The molecular weight excluding hydrogens is 383 g/mol. The van der Waals surface area contributed by atoms with E-state index in [2.05, 4.69) is 12.2 Å². The third-order valence-electron chi connectivity index (χ3n) is 0.586. The van der Waals surface area contributed by atoms with Crippen molar-refractivity contribution in [1.29, 1.82) is 0 Å². The summed E-state index contributed by atoms with van der Waals surface area (Å²) in [5.41, 5.74) is 0. The summed E-state index contributed by atoms with van der Waals surface area (Å²) in [7, 11) is 0. The summed E-state index contributed by atoms with van der Waals surface area (Å²) in [6.45, 7) is 0. The predicted molar refractivity (Wildman–Crippen MR) is 50.6 cm³/mol. The Hall–Kier alpha value is 1.38. The molecule has 0 amide bonds. The molecular formula is C5H9Cl4Ta-. The van der Waals surface area contributed by atoms with E-state index in [1.54, 1.807) is 0 Å². The number of hydrogen-bond donors (Lipinski definition) is 0. The van der Waals surface area contributed by atoms with Crippen LogP contribution >= 0.6 is 49.6 Å². The summed E-state index contributed by atoms with van der Waals surface area (Å²) in [6, 6.07) is 0. The van der Waals surface area contributed by atoms with Crippen molar-refractivity contribution in [2.75, 3.05) is 0 Å². The summed E-state index contributed by atoms with van der Waals surface area (Å²) < 4.78 is 0. The van der Waals surface area contributed by atoms with Crippen LogP contribution in [0.25, 0.3) is 0 Å². The maximum atomic E-state index is 2.99. The first-order valence-electron chi connectivity index (χ1n) is 1.72. The molecule has 0 fully saturated rings. The quantitative estimate of drug-likeness (QED) is 0.557. The van der Waals surface area contributed by atoms with E-state index in [0.29, 0.717) is 0 Å². The molecule has 0 bridgehead atoms. The Morgan fingerprint density at radius 1 is 1.00 bits per heavy atom. The van der Waals surface area contributed by atoms with Crippen LogP contribution < -0.4 is 0 Å². The number of halogens is 4. The first kappa shape index (κ1) is 30.1. The van der Waals surface area contributed by atoms with E-state index in [9.17, 15) is 0 Å². The van der Waals surface area contributed by atoms with E-state index < -0.39 is 0 Å². The van der Waals surface area contributed by atoms with Crippen LogP contribution in [0.3, 0.4) is 0 Å². The summed E-state index contributed by atoms with van der Waals surface area (Å²) in [6.07, 6.45) is 10.0.